The molecule has 1 aromatic carbocycles. The molecular formula is C15H19F3N2O. The smallest absolute Gasteiger partial charge is 0.398 e. The van der Waals surface area contributed by atoms with Crippen molar-refractivity contribution >= 4 is 11.6 Å². The number of nitrogens with two attached hydrogens (primary N) is 1. The Morgan fingerprint density at radius 1 is 1.38 bits per heavy atom. The maximum Gasteiger partial charge on any atom is 0.418 e. The van der Waals surface area contributed by atoms with Gasteiger partial charge in [-0.15, -0.1) is 0 Å². The molecule has 3 N–H and O–H groups in total. The fourth-order valence-corrected chi connectivity index (χ4v) is 2.71. The second-order valence-electron chi connectivity index (χ2n) is 5.65. The van der Waals surface area contributed by atoms with Crippen molar-refractivity contribution in [2.75, 3.05) is 12.3 Å². The third kappa shape index (κ3) is 3.14. The van der Waals surface area contributed by atoms with Crippen LogP contribution < -0.4 is 11.1 Å². The summed E-state index contributed by atoms with van der Waals surface area (Å²) < 4.78 is 38.3. The Morgan fingerprint density at radius 2 is 2.05 bits per heavy atom. The second-order valence-corrected chi connectivity index (χ2v) is 5.65. The third-order valence-corrected chi connectivity index (χ3v) is 4.44. The fraction of sp³-hybridized carbons (Fsp3) is 0.533. The molecule has 2 rings (SSSR count). The number of rotatable bonds is 4. The molecule has 116 valence electrons. The molecule has 0 heterocycles. The molecule has 0 radical (unpaired) electrons. The number of nitrogens with one attached hydrogen (secondary N) is 1. The van der Waals surface area contributed by atoms with E-state index in [2.05, 4.69) is 12.2 Å². The number of carbonyl (C=O) groups excluding carboxylic acids is 1. The first-order chi connectivity index (χ1) is 9.79. The molecule has 21 heavy (non-hydrogen) atoms. The summed E-state index contributed by atoms with van der Waals surface area (Å²) in [4.78, 5) is 12.1. The van der Waals surface area contributed by atoms with Gasteiger partial charge >= 0.3 is 6.18 Å². The molecule has 1 saturated carbocycles. The number of hydrogen-bond donors (Lipinski definition) is 2. The Morgan fingerprint density at radius 3 is 2.52 bits per heavy atom. The Bertz CT molecular complexity index is 531. The number of benzene rings is 1. The van der Waals surface area contributed by atoms with Crippen molar-refractivity contribution in [2.45, 2.75) is 38.8 Å². The van der Waals surface area contributed by atoms with Gasteiger partial charge in [0.25, 0.3) is 5.91 Å². The number of amides is 1. The monoisotopic (exact) mass is 300 g/mol. The molecule has 1 fully saturated rings. The molecule has 0 aromatic heterocycles. The molecule has 3 nitrogen and oxygen atoms in total. The van der Waals surface area contributed by atoms with Gasteiger partial charge in [-0.1, -0.05) is 19.4 Å². The fourth-order valence-electron chi connectivity index (χ4n) is 2.71. The van der Waals surface area contributed by atoms with Gasteiger partial charge in [0, 0.05) is 6.54 Å². The average Bonchev–Trinajstić information content (AvgIpc) is 2.36. The van der Waals surface area contributed by atoms with E-state index in [4.69, 9.17) is 5.73 Å². The number of anilines is 1. The lowest BCUT2D eigenvalue weighted by molar-refractivity contribution is -0.136. The van der Waals surface area contributed by atoms with Crippen LogP contribution in [0.25, 0.3) is 0 Å². The van der Waals surface area contributed by atoms with Gasteiger partial charge < -0.3 is 11.1 Å². The van der Waals surface area contributed by atoms with E-state index in [0.717, 1.165) is 31.7 Å². The van der Waals surface area contributed by atoms with Crippen molar-refractivity contribution in [1.82, 2.24) is 5.32 Å². The van der Waals surface area contributed by atoms with Crippen LogP contribution in [0.2, 0.25) is 0 Å². The van der Waals surface area contributed by atoms with Crippen LogP contribution in [0.1, 0.15) is 48.5 Å². The van der Waals surface area contributed by atoms with Gasteiger partial charge in [-0.3, -0.25) is 4.79 Å². The van der Waals surface area contributed by atoms with Crippen molar-refractivity contribution in [1.29, 1.82) is 0 Å². The highest BCUT2D eigenvalue weighted by Crippen LogP contribution is 2.43. The van der Waals surface area contributed by atoms with Crippen LogP contribution >= 0.6 is 0 Å². The molecule has 1 aromatic rings. The lowest BCUT2D eigenvalue weighted by Crippen LogP contribution is -2.41. The van der Waals surface area contributed by atoms with Crippen LogP contribution in [0.5, 0.6) is 0 Å². The summed E-state index contributed by atoms with van der Waals surface area (Å²) in [6, 6.07) is 3.40. The highest BCUT2D eigenvalue weighted by molar-refractivity contribution is 5.99. The van der Waals surface area contributed by atoms with E-state index in [0.29, 0.717) is 6.54 Å². The van der Waals surface area contributed by atoms with Crippen molar-refractivity contribution in [2.24, 2.45) is 5.41 Å². The lowest BCUT2D eigenvalue weighted by atomic mass is 9.67. The molecule has 0 spiro atoms. The van der Waals surface area contributed by atoms with Crippen molar-refractivity contribution in [3.63, 3.8) is 0 Å². The maximum atomic E-state index is 12.8. The van der Waals surface area contributed by atoms with Crippen LogP contribution in [-0.2, 0) is 6.18 Å². The zero-order valence-corrected chi connectivity index (χ0v) is 11.9. The Labute approximate surface area is 121 Å². The summed E-state index contributed by atoms with van der Waals surface area (Å²) in [7, 11) is 0. The third-order valence-electron chi connectivity index (χ3n) is 4.44. The Kier molecular flexibility index (Phi) is 4.16. The first-order valence-electron chi connectivity index (χ1n) is 7.03. The van der Waals surface area contributed by atoms with E-state index in [9.17, 15) is 18.0 Å². The molecule has 0 atom stereocenters. The van der Waals surface area contributed by atoms with Crippen LogP contribution in [0, 0.1) is 5.41 Å². The first kappa shape index (κ1) is 15.7. The SMILES string of the molecule is CCC1(CNC(=O)c2cccc(C(F)(F)F)c2N)CCC1. The van der Waals surface area contributed by atoms with Crippen LogP contribution in [-0.4, -0.2) is 12.5 Å². The number of nitrogen functional groups attached to an aromatic ring is 1. The molecule has 0 aliphatic heterocycles. The molecule has 6 heteroatoms. The Hall–Kier alpha value is -1.72. The van der Waals surface area contributed by atoms with Crippen LogP contribution in [0.15, 0.2) is 18.2 Å². The summed E-state index contributed by atoms with van der Waals surface area (Å²) in [6.45, 7) is 2.54. The van der Waals surface area contributed by atoms with Crippen molar-refractivity contribution in [3.05, 3.63) is 29.3 Å². The van der Waals surface area contributed by atoms with E-state index >= 15 is 0 Å². The molecular weight excluding hydrogens is 281 g/mol. The van der Waals surface area contributed by atoms with Gasteiger partial charge in [-0.05, 0) is 36.8 Å². The predicted molar refractivity (Wildman–Crippen MR) is 74.8 cm³/mol. The Balaban J connectivity index is 2.13. The number of para-hydroxylation sites is 1. The number of carbonyl (C=O) groups is 1. The van der Waals surface area contributed by atoms with Gasteiger partial charge in [0.1, 0.15) is 0 Å². The molecule has 1 amide bonds. The van der Waals surface area contributed by atoms with E-state index in [1.807, 2.05) is 0 Å². The summed E-state index contributed by atoms with van der Waals surface area (Å²) in [6.07, 6.45) is -0.385. The average molecular weight is 300 g/mol. The molecule has 0 bridgehead atoms. The molecule has 1 aliphatic rings. The van der Waals surface area contributed by atoms with Crippen molar-refractivity contribution < 1.29 is 18.0 Å². The van der Waals surface area contributed by atoms with Crippen LogP contribution in [0.3, 0.4) is 0 Å². The van der Waals surface area contributed by atoms with Gasteiger partial charge in [0.05, 0.1) is 16.8 Å². The molecule has 1 aliphatic carbocycles. The van der Waals surface area contributed by atoms with E-state index < -0.39 is 23.3 Å². The summed E-state index contributed by atoms with van der Waals surface area (Å²) in [5.74, 6) is -0.543. The van der Waals surface area contributed by atoms with E-state index in [1.54, 1.807) is 0 Å². The zero-order chi connectivity index (χ0) is 15.7. The molecule has 0 saturated heterocycles. The van der Waals surface area contributed by atoms with Gasteiger partial charge in [0.15, 0.2) is 0 Å². The topological polar surface area (TPSA) is 55.1 Å². The number of halogens is 3. The van der Waals surface area contributed by atoms with Gasteiger partial charge in [0.2, 0.25) is 0 Å². The summed E-state index contributed by atoms with van der Waals surface area (Å²) >= 11 is 0. The summed E-state index contributed by atoms with van der Waals surface area (Å²) in [5.41, 5.74) is 4.01. The number of alkyl halides is 3. The van der Waals surface area contributed by atoms with Gasteiger partial charge in [-0.2, -0.15) is 13.2 Å². The standard InChI is InChI=1S/C15H19F3N2O/c1-2-14(7-4-8-14)9-20-13(21)10-5-3-6-11(12(10)19)15(16,17)18/h3,5-6H,2,4,7-9,19H2,1H3,(H,20,21). The quantitative estimate of drug-likeness (QED) is 0.835. The lowest BCUT2D eigenvalue weighted by Gasteiger charge is -2.41. The minimum absolute atomic E-state index is 0.103. The second kappa shape index (κ2) is 5.58. The minimum Gasteiger partial charge on any atom is -0.398 e. The minimum atomic E-state index is -4.56. The van der Waals surface area contributed by atoms with E-state index in [1.165, 1.54) is 12.1 Å². The van der Waals surface area contributed by atoms with Crippen molar-refractivity contribution in [3.8, 4) is 0 Å². The maximum absolute atomic E-state index is 12.8. The highest BCUT2D eigenvalue weighted by Gasteiger charge is 2.36. The normalized spacial score (nSPS) is 17.1. The predicted octanol–water partition coefficient (Wildman–Crippen LogP) is 3.60. The summed E-state index contributed by atoms with van der Waals surface area (Å²) in [5, 5.41) is 2.73. The van der Waals surface area contributed by atoms with E-state index in [-0.39, 0.29) is 11.0 Å². The largest absolute Gasteiger partial charge is 0.418 e. The highest BCUT2D eigenvalue weighted by atomic mass is 19.4. The zero-order valence-electron chi connectivity index (χ0n) is 11.9. The number of hydrogen-bond acceptors (Lipinski definition) is 2. The first-order valence-corrected chi connectivity index (χ1v) is 7.03. The van der Waals surface area contributed by atoms with Gasteiger partial charge in [-0.25, -0.2) is 0 Å². The van der Waals surface area contributed by atoms with Crippen LogP contribution in [0.4, 0.5) is 18.9 Å². The molecule has 0 unspecified atom stereocenters.